The van der Waals surface area contributed by atoms with Gasteiger partial charge in [-0.1, -0.05) is 85.8 Å². The summed E-state index contributed by atoms with van der Waals surface area (Å²) in [7, 11) is 0. The Labute approximate surface area is 202 Å². The van der Waals surface area contributed by atoms with Crippen LogP contribution in [0.1, 0.15) is 30.2 Å². The maximum Gasteiger partial charge on any atom is 0.412 e. The summed E-state index contributed by atoms with van der Waals surface area (Å²) < 4.78 is 50.8. The van der Waals surface area contributed by atoms with E-state index in [0.717, 1.165) is 22.8 Å². The number of ether oxygens (including phenoxy) is 2. The second kappa shape index (κ2) is 11.0. The van der Waals surface area contributed by atoms with E-state index in [4.69, 9.17) is 9.47 Å². The van der Waals surface area contributed by atoms with Gasteiger partial charge in [-0.15, -0.1) is 10.2 Å². The quantitative estimate of drug-likeness (QED) is 0.346. The van der Waals surface area contributed by atoms with Crippen LogP contribution >= 0.6 is 0 Å². The third-order valence-electron chi connectivity index (χ3n) is 5.58. The molecule has 0 spiro atoms. The summed E-state index contributed by atoms with van der Waals surface area (Å²) in [4.78, 5) is 0. The summed E-state index contributed by atoms with van der Waals surface area (Å²) in [6, 6.07) is 21.1. The topological polar surface area (TPSA) is 44.2 Å². The Bertz CT molecular complexity index is 1220. The number of hydrogen-bond donors (Lipinski definition) is 0. The van der Waals surface area contributed by atoms with Gasteiger partial charge in [0, 0.05) is 11.6 Å². The number of nitrogens with zero attached hydrogens (tertiary/aromatic N) is 2. The van der Waals surface area contributed by atoms with Crippen LogP contribution in [0.15, 0.2) is 96.1 Å². The van der Waals surface area contributed by atoms with Crippen LogP contribution in [0, 0.1) is 5.92 Å². The smallest absolute Gasteiger partial charge is 0.412 e. The molecular weight excluding hydrogens is 453 g/mol. The summed E-state index contributed by atoms with van der Waals surface area (Å²) in [5.74, 6) is 0.442. The van der Waals surface area contributed by atoms with Crippen molar-refractivity contribution in [1.82, 2.24) is 10.2 Å². The molecule has 0 saturated heterocycles. The van der Waals surface area contributed by atoms with Crippen LogP contribution in [0.4, 0.5) is 13.2 Å². The van der Waals surface area contributed by atoms with Crippen molar-refractivity contribution < 1.29 is 22.6 Å². The molecule has 0 N–H and O–H groups in total. The highest BCUT2D eigenvalue weighted by molar-refractivity contribution is 5.53. The zero-order valence-electron chi connectivity index (χ0n) is 19.2. The molecule has 1 aliphatic rings. The summed E-state index contributed by atoms with van der Waals surface area (Å²) in [5, 5.41) is 8.41. The van der Waals surface area contributed by atoms with E-state index in [9.17, 15) is 13.2 Å². The summed E-state index contributed by atoms with van der Waals surface area (Å²) in [6.45, 7) is 2.41. The van der Waals surface area contributed by atoms with E-state index in [1.807, 2.05) is 60.7 Å². The fourth-order valence-corrected chi connectivity index (χ4v) is 3.61. The van der Waals surface area contributed by atoms with Crippen LogP contribution < -0.4 is 9.47 Å². The largest absolute Gasteiger partial charge is 0.483 e. The minimum Gasteiger partial charge on any atom is -0.483 e. The molecule has 1 atom stereocenters. The molecule has 180 valence electrons. The predicted octanol–water partition coefficient (Wildman–Crippen LogP) is 7.10. The lowest BCUT2D eigenvalue weighted by molar-refractivity contribution is -0.0950. The lowest BCUT2D eigenvalue weighted by Crippen LogP contribution is -2.17. The normalized spacial score (nSPS) is 16.1. The highest BCUT2D eigenvalue weighted by Crippen LogP contribution is 2.36. The minimum atomic E-state index is -4.30. The van der Waals surface area contributed by atoms with E-state index in [-0.39, 0.29) is 18.2 Å². The predicted molar refractivity (Wildman–Crippen MR) is 129 cm³/mol. The molecule has 0 saturated carbocycles. The lowest BCUT2D eigenvalue weighted by atomic mass is 9.88. The highest BCUT2D eigenvalue weighted by atomic mass is 19.4. The van der Waals surface area contributed by atoms with Gasteiger partial charge in [0.2, 0.25) is 0 Å². The fraction of sp³-hybridized carbons (Fsp3) is 0.214. The molecule has 1 unspecified atom stereocenters. The fourth-order valence-electron chi connectivity index (χ4n) is 3.61. The van der Waals surface area contributed by atoms with E-state index >= 15 is 0 Å². The monoisotopic (exact) mass is 478 g/mol. The minimum absolute atomic E-state index is 0.0525. The molecule has 4 rings (SSSR count). The van der Waals surface area contributed by atoms with Crippen molar-refractivity contribution >= 4 is 6.08 Å². The molecule has 2 aromatic carbocycles. The van der Waals surface area contributed by atoms with E-state index in [0.29, 0.717) is 24.7 Å². The Balaban J connectivity index is 1.53. The Morgan fingerprint density at radius 1 is 0.857 bits per heavy atom. The van der Waals surface area contributed by atoms with Gasteiger partial charge < -0.3 is 9.47 Å². The Morgan fingerprint density at radius 3 is 2.09 bits per heavy atom. The number of hydrogen-bond acceptors (Lipinski definition) is 4. The van der Waals surface area contributed by atoms with Gasteiger partial charge in [-0.25, -0.2) is 0 Å². The van der Waals surface area contributed by atoms with Crippen molar-refractivity contribution in [1.29, 1.82) is 0 Å². The molecule has 0 radical (unpaired) electrons. The van der Waals surface area contributed by atoms with Crippen molar-refractivity contribution in [2.75, 3.05) is 0 Å². The van der Waals surface area contributed by atoms with Crippen LogP contribution in [0.2, 0.25) is 0 Å². The third-order valence-corrected chi connectivity index (χ3v) is 5.58. The van der Waals surface area contributed by atoms with Gasteiger partial charge in [0.05, 0.1) is 5.69 Å². The first-order valence-electron chi connectivity index (χ1n) is 11.3. The Hall–Kier alpha value is -3.87. The van der Waals surface area contributed by atoms with E-state index in [2.05, 4.69) is 10.2 Å². The van der Waals surface area contributed by atoms with Crippen molar-refractivity contribution in [2.45, 2.75) is 32.7 Å². The van der Waals surface area contributed by atoms with E-state index in [1.54, 1.807) is 25.1 Å². The number of benzene rings is 2. The van der Waals surface area contributed by atoms with Crippen molar-refractivity contribution in [3.05, 3.63) is 113 Å². The first-order chi connectivity index (χ1) is 16.9. The van der Waals surface area contributed by atoms with Gasteiger partial charge in [-0.3, -0.25) is 0 Å². The number of allylic oxidation sites excluding steroid dienone is 5. The van der Waals surface area contributed by atoms with Gasteiger partial charge in [0.25, 0.3) is 5.88 Å². The van der Waals surface area contributed by atoms with Crippen LogP contribution in [-0.2, 0) is 13.2 Å². The van der Waals surface area contributed by atoms with E-state index < -0.39 is 11.7 Å². The summed E-state index contributed by atoms with van der Waals surface area (Å²) in [5.41, 5.74) is 2.76. The molecule has 3 aromatic rings. The molecular formula is C28H25F3N2O2. The molecule has 4 nitrogen and oxygen atoms in total. The summed E-state index contributed by atoms with van der Waals surface area (Å²) >= 11 is 0. The molecule has 0 bridgehead atoms. The molecule has 1 aromatic heterocycles. The van der Waals surface area contributed by atoms with Gasteiger partial charge in [0.1, 0.15) is 13.2 Å². The molecule has 1 heterocycles. The second-order valence-corrected chi connectivity index (χ2v) is 8.28. The van der Waals surface area contributed by atoms with Crippen molar-refractivity contribution in [3.8, 4) is 11.6 Å². The van der Waals surface area contributed by atoms with Crippen molar-refractivity contribution in [2.24, 2.45) is 5.92 Å². The molecule has 0 fully saturated rings. The standard InChI is InChI=1S/C28H25F3N2O2/c1-20-16-24(28(29,30)31)14-12-23(20)13-15-25-17-26(34-18-21-8-4-2-5-9-21)27(33-32-25)35-19-22-10-6-3-7-11-22/h2-15,17,20H,16,18-19H2,1H3/b15-13+. The SMILES string of the molecule is CC1CC(C(F)(F)F)=CC=C1/C=C/c1cc(OCc2ccccc2)c(OCc2ccccc2)nn1. The molecule has 1 aliphatic carbocycles. The van der Waals surface area contributed by atoms with Gasteiger partial charge in [0.15, 0.2) is 5.75 Å². The number of halogens is 3. The maximum atomic E-state index is 13.0. The highest BCUT2D eigenvalue weighted by Gasteiger charge is 2.35. The molecule has 35 heavy (non-hydrogen) atoms. The zero-order chi connectivity index (χ0) is 24.7. The van der Waals surface area contributed by atoms with Crippen LogP contribution in [0.25, 0.3) is 6.08 Å². The third kappa shape index (κ3) is 6.82. The van der Waals surface area contributed by atoms with Gasteiger partial charge >= 0.3 is 6.18 Å². The average Bonchev–Trinajstić information content (AvgIpc) is 2.86. The van der Waals surface area contributed by atoms with Crippen molar-refractivity contribution in [3.63, 3.8) is 0 Å². The van der Waals surface area contributed by atoms with Crippen LogP contribution in [0.3, 0.4) is 0 Å². The average molecular weight is 479 g/mol. The van der Waals surface area contributed by atoms with Crippen LogP contribution in [0.5, 0.6) is 11.6 Å². The van der Waals surface area contributed by atoms with Gasteiger partial charge in [-0.05, 0) is 35.1 Å². The Morgan fingerprint density at radius 2 is 1.49 bits per heavy atom. The van der Waals surface area contributed by atoms with E-state index in [1.165, 1.54) is 6.08 Å². The second-order valence-electron chi connectivity index (χ2n) is 8.28. The number of rotatable bonds is 8. The molecule has 7 heteroatoms. The molecule has 0 amide bonds. The number of alkyl halides is 3. The lowest BCUT2D eigenvalue weighted by Gasteiger charge is -2.21. The first kappa shape index (κ1) is 24.3. The first-order valence-corrected chi connectivity index (χ1v) is 11.3. The Kier molecular flexibility index (Phi) is 7.65. The number of aromatic nitrogens is 2. The zero-order valence-corrected chi connectivity index (χ0v) is 19.2. The molecule has 0 aliphatic heterocycles. The maximum absolute atomic E-state index is 13.0. The van der Waals surface area contributed by atoms with Gasteiger partial charge in [-0.2, -0.15) is 13.2 Å². The van der Waals surface area contributed by atoms with Crippen LogP contribution in [-0.4, -0.2) is 16.4 Å². The summed E-state index contributed by atoms with van der Waals surface area (Å²) in [6.07, 6.45) is 1.78.